The van der Waals surface area contributed by atoms with Gasteiger partial charge in [0, 0.05) is 21.3 Å². The van der Waals surface area contributed by atoms with Gasteiger partial charge in [0.1, 0.15) is 18.2 Å². The lowest BCUT2D eigenvalue weighted by Gasteiger charge is -2.12. The molecule has 1 amide bonds. The number of carbonyl (C=O) groups excluding carboxylic acids is 1. The number of carbonyl (C=O) groups is 1. The molecule has 4 nitrogen and oxygen atoms in total. The largest absolute Gasteiger partial charge is 0.489 e. The molecule has 0 fully saturated rings. The maximum Gasteiger partial charge on any atom is 0.265 e. The topological polar surface area (TPSA) is 62.1 Å². The van der Waals surface area contributed by atoms with E-state index in [0.29, 0.717) is 28.1 Å². The van der Waals surface area contributed by atoms with Crippen LogP contribution in [0.3, 0.4) is 0 Å². The Morgan fingerprint density at radius 3 is 2.63 bits per heavy atom. The number of rotatable bonds is 6. The molecule has 0 spiro atoms. The summed E-state index contributed by atoms with van der Waals surface area (Å²) in [7, 11) is 0. The highest BCUT2D eigenvalue weighted by Crippen LogP contribution is 2.29. The third kappa shape index (κ3) is 4.32. The van der Waals surface area contributed by atoms with Gasteiger partial charge >= 0.3 is 0 Å². The molecule has 6 heteroatoms. The number of nitrogens with one attached hydrogen (secondary N) is 1. The van der Waals surface area contributed by atoms with Gasteiger partial charge in [0.25, 0.3) is 5.91 Å². The molecule has 0 saturated carbocycles. The fourth-order valence-corrected chi connectivity index (χ4v) is 4.02. The van der Waals surface area contributed by atoms with Gasteiger partial charge < -0.3 is 10.1 Å². The lowest BCUT2D eigenvalue weighted by Crippen LogP contribution is -2.12. The van der Waals surface area contributed by atoms with Crippen LogP contribution in [0.1, 0.15) is 20.8 Å². The number of hydrogen-bond acceptors (Lipinski definition) is 4. The maximum atomic E-state index is 13.9. The van der Waals surface area contributed by atoms with Crippen molar-refractivity contribution < 1.29 is 13.9 Å². The van der Waals surface area contributed by atoms with Gasteiger partial charge in [0.05, 0.1) is 17.4 Å². The highest BCUT2D eigenvalue weighted by atomic mass is 32.1. The number of amides is 1. The summed E-state index contributed by atoms with van der Waals surface area (Å²) in [6.07, 6.45) is 0.358. The third-order valence-electron chi connectivity index (χ3n) is 4.60. The van der Waals surface area contributed by atoms with Crippen LogP contribution in [0, 0.1) is 17.1 Å². The van der Waals surface area contributed by atoms with Crippen LogP contribution in [0.25, 0.3) is 10.1 Å². The summed E-state index contributed by atoms with van der Waals surface area (Å²) in [5, 5.41) is 12.1. The van der Waals surface area contributed by atoms with Crippen LogP contribution in [0.5, 0.6) is 5.75 Å². The number of nitriles is 1. The smallest absolute Gasteiger partial charge is 0.265 e. The van der Waals surface area contributed by atoms with E-state index in [-0.39, 0.29) is 18.3 Å². The van der Waals surface area contributed by atoms with Crippen LogP contribution in [-0.4, -0.2) is 5.91 Å². The van der Waals surface area contributed by atoms with E-state index in [1.54, 1.807) is 24.3 Å². The van der Waals surface area contributed by atoms with E-state index in [4.69, 9.17) is 10.00 Å². The number of fused-ring (bicyclic) bond motifs is 1. The molecular weight excluding hydrogens is 399 g/mol. The number of benzene rings is 3. The molecule has 148 valence electrons. The van der Waals surface area contributed by atoms with E-state index >= 15 is 0 Å². The molecule has 1 heterocycles. The van der Waals surface area contributed by atoms with Crippen LogP contribution < -0.4 is 10.1 Å². The summed E-state index contributed by atoms with van der Waals surface area (Å²) in [5.41, 5.74) is 2.39. The Morgan fingerprint density at radius 2 is 1.87 bits per heavy atom. The second-order valence-electron chi connectivity index (χ2n) is 6.64. The lowest BCUT2D eigenvalue weighted by atomic mass is 10.1. The van der Waals surface area contributed by atoms with E-state index in [0.717, 1.165) is 15.8 Å². The fourth-order valence-electron chi connectivity index (χ4n) is 3.05. The average Bonchev–Trinajstić information content (AvgIpc) is 3.20. The van der Waals surface area contributed by atoms with Crippen LogP contribution in [0.2, 0.25) is 0 Å². The molecule has 0 saturated heterocycles. The predicted octanol–water partition coefficient (Wildman–Crippen LogP) is 5.94. The van der Waals surface area contributed by atoms with Gasteiger partial charge in [-0.1, -0.05) is 36.4 Å². The van der Waals surface area contributed by atoms with Gasteiger partial charge in [-0.25, -0.2) is 4.39 Å². The Balaban J connectivity index is 1.48. The van der Waals surface area contributed by atoms with E-state index in [1.807, 2.05) is 42.5 Å². The van der Waals surface area contributed by atoms with E-state index < -0.39 is 0 Å². The minimum absolute atomic E-state index is 0.273. The summed E-state index contributed by atoms with van der Waals surface area (Å²) in [5.74, 6) is 0.0547. The molecule has 0 radical (unpaired) electrons. The second-order valence-corrected chi connectivity index (χ2v) is 7.72. The van der Waals surface area contributed by atoms with Crippen molar-refractivity contribution in [2.45, 2.75) is 13.0 Å². The van der Waals surface area contributed by atoms with Crippen molar-refractivity contribution >= 4 is 33.0 Å². The van der Waals surface area contributed by atoms with Crippen molar-refractivity contribution in [3.63, 3.8) is 0 Å². The summed E-state index contributed by atoms with van der Waals surface area (Å²) < 4.78 is 20.5. The normalized spacial score (nSPS) is 10.5. The highest BCUT2D eigenvalue weighted by molar-refractivity contribution is 7.20. The van der Waals surface area contributed by atoms with Crippen molar-refractivity contribution in [1.29, 1.82) is 5.26 Å². The Kier molecular flexibility index (Phi) is 5.73. The molecule has 3 aromatic carbocycles. The number of nitrogens with zero attached hydrogens (tertiary/aromatic N) is 1. The van der Waals surface area contributed by atoms with Gasteiger partial charge in [-0.2, -0.15) is 5.26 Å². The Hall–Kier alpha value is -3.69. The zero-order chi connectivity index (χ0) is 20.9. The zero-order valence-electron chi connectivity index (χ0n) is 15.9. The van der Waals surface area contributed by atoms with Crippen LogP contribution in [0.15, 0.2) is 72.8 Å². The molecule has 1 aromatic heterocycles. The minimum atomic E-state index is -0.336. The third-order valence-corrected chi connectivity index (χ3v) is 5.70. The van der Waals surface area contributed by atoms with Crippen LogP contribution in [-0.2, 0) is 13.0 Å². The minimum Gasteiger partial charge on any atom is -0.489 e. The molecule has 0 aliphatic heterocycles. The maximum absolute atomic E-state index is 13.9. The molecule has 0 aliphatic carbocycles. The van der Waals surface area contributed by atoms with Crippen molar-refractivity contribution in [2.24, 2.45) is 0 Å². The van der Waals surface area contributed by atoms with Gasteiger partial charge in [-0.05, 0) is 42.0 Å². The summed E-state index contributed by atoms with van der Waals surface area (Å²) in [6, 6.07) is 23.2. The highest BCUT2D eigenvalue weighted by Gasteiger charge is 2.14. The van der Waals surface area contributed by atoms with E-state index in [9.17, 15) is 9.18 Å². The van der Waals surface area contributed by atoms with Crippen molar-refractivity contribution in [1.82, 2.24) is 0 Å². The van der Waals surface area contributed by atoms with Crippen molar-refractivity contribution in [2.75, 3.05) is 5.32 Å². The molecule has 0 atom stereocenters. The van der Waals surface area contributed by atoms with Gasteiger partial charge in [-0.3, -0.25) is 4.79 Å². The van der Waals surface area contributed by atoms with Crippen molar-refractivity contribution in [3.8, 4) is 11.8 Å². The van der Waals surface area contributed by atoms with Gasteiger partial charge in [0.2, 0.25) is 0 Å². The average molecular weight is 416 g/mol. The van der Waals surface area contributed by atoms with E-state index in [1.165, 1.54) is 17.4 Å². The first-order chi connectivity index (χ1) is 14.6. The van der Waals surface area contributed by atoms with E-state index in [2.05, 4.69) is 11.4 Å². The predicted molar refractivity (Wildman–Crippen MR) is 116 cm³/mol. The Labute approximate surface area is 177 Å². The van der Waals surface area contributed by atoms with Crippen molar-refractivity contribution in [3.05, 3.63) is 94.6 Å². The lowest BCUT2D eigenvalue weighted by molar-refractivity contribution is 0.103. The molecule has 1 N–H and O–H groups in total. The monoisotopic (exact) mass is 416 g/mol. The number of para-hydroxylation sites is 1. The summed E-state index contributed by atoms with van der Waals surface area (Å²) >= 11 is 1.25. The number of anilines is 1. The Morgan fingerprint density at radius 1 is 1.07 bits per heavy atom. The summed E-state index contributed by atoms with van der Waals surface area (Å²) in [4.78, 5) is 13.2. The number of ether oxygens (including phenoxy) is 1. The number of halogens is 1. The number of hydrogen-bond donors (Lipinski definition) is 1. The zero-order valence-corrected chi connectivity index (χ0v) is 16.7. The molecule has 4 aromatic rings. The number of thiophene rings is 1. The molecule has 4 rings (SSSR count). The quantitative estimate of drug-likeness (QED) is 0.423. The first-order valence-electron chi connectivity index (χ1n) is 9.30. The fraction of sp³-hybridized carbons (Fsp3) is 0.0833. The first-order valence-corrected chi connectivity index (χ1v) is 10.1. The Bertz CT molecular complexity index is 1240. The summed E-state index contributed by atoms with van der Waals surface area (Å²) in [6.45, 7) is 0.273. The first kappa shape index (κ1) is 19.6. The van der Waals surface area contributed by atoms with Gasteiger partial charge in [-0.15, -0.1) is 11.3 Å². The molecule has 0 aliphatic rings. The standard InChI is InChI=1S/C24H17FN2O2S/c25-20-5-3-7-22-19(20)14-23(30-22)24(28)27-21-6-2-1-4-17(21)15-29-18-10-8-16(9-11-18)12-13-26/h1-11,14H,12,15H2,(H,27,28). The van der Waals surface area contributed by atoms with Gasteiger partial charge in [0.15, 0.2) is 0 Å². The molecule has 0 bridgehead atoms. The molecule has 30 heavy (non-hydrogen) atoms. The SMILES string of the molecule is N#CCc1ccc(OCc2ccccc2NC(=O)c2cc3c(F)cccc3s2)cc1. The van der Waals surface area contributed by atoms with Crippen LogP contribution in [0.4, 0.5) is 10.1 Å². The molecular formula is C24H17FN2O2S. The molecule has 0 unspecified atom stereocenters. The second kappa shape index (κ2) is 8.76. The van der Waals surface area contributed by atoms with Crippen LogP contribution >= 0.6 is 11.3 Å².